The first kappa shape index (κ1) is 17.0. The lowest BCUT2D eigenvalue weighted by Crippen LogP contribution is -2.18. The van der Waals surface area contributed by atoms with Gasteiger partial charge >= 0.3 is 12.1 Å². The fraction of sp³-hybridized carbons (Fsp3) is 0.867. The van der Waals surface area contributed by atoms with Crippen molar-refractivity contribution in [1.29, 1.82) is 0 Å². The quantitative estimate of drug-likeness (QED) is 0.425. The maximum absolute atomic E-state index is 10.9. The molecule has 0 aromatic rings. The molecular formula is C15H24O7. The summed E-state index contributed by atoms with van der Waals surface area (Å²) in [7, 11) is 0. The molecular weight excluding hydrogens is 292 g/mol. The monoisotopic (exact) mass is 316 g/mol. The van der Waals surface area contributed by atoms with E-state index in [0.717, 1.165) is 32.1 Å². The van der Waals surface area contributed by atoms with E-state index < -0.39 is 6.16 Å². The highest BCUT2D eigenvalue weighted by molar-refractivity contribution is 5.71. The molecule has 0 aliphatic carbocycles. The first-order valence-electron chi connectivity index (χ1n) is 7.92. The number of ether oxygens (including phenoxy) is 5. The fourth-order valence-electron chi connectivity index (χ4n) is 2.34. The van der Waals surface area contributed by atoms with E-state index in [0.29, 0.717) is 32.8 Å². The molecule has 2 heterocycles. The molecule has 7 heteroatoms. The third kappa shape index (κ3) is 6.62. The number of carbonyl (C=O) groups is 2. The maximum Gasteiger partial charge on any atom is 0.508 e. The summed E-state index contributed by atoms with van der Waals surface area (Å²) in [6, 6.07) is 0. The molecule has 2 aliphatic rings. The lowest BCUT2D eigenvalue weighted by Gasteiger charge is -2.10. The summed E-state index contributed by atoms with van der Waals surface area (Å²) in [5.41, 5.74) is 0. The number of rotatable bonds is 11. The summed E-state index contributed by atoms with van der Waals surface area (Å²) in [6.07, 6.45) is 4.49. The smallest absolute Gasteiger partial charge is 0.460 e. The topological polar surface area (TPSA) is 80.3 Å². The third-order valence-electron chi connectivity index (χ3n) is 3.55. The predicted octanol–water partition coefficient (Wildman–Crippen LogP) is 1.82. The van der Waals surface area contributed by atoms with Crippen LogP contribution in [0, 0.1) is 0 Å². The Kier molecular flexibility index (Phi) is 7.45. The molecule has 0 aromatic heterocycles. The van der Waals surface area contributed by atoms with Crippen molar-refractivity contribution < 1.29 is 33.3 Å². The van der Waals surface area contributed by atoms with Crippen LogP contribution in [-0.2, 0) is 28.5 Å². The molecule has 0 saturated carbocycles. The van der Waals surface area contributed by atoms with E-state index in [9.17, 15) is 9.59 Å². The van der Waals surface area contributed by atoms with Gasteiger partial charge in [0.2, 0.25) is 0 Å². The average Bonchev–Trinajstić information content (AvgIpc) is 3.09. The van der Waals surface area contributed by atoms with Gasteiger partial charge in [-0.05, 0) is 19.3 Å². The predicted molar refractivity (Wildman–Crippen MR) is 75.4 cm³/mol. The van der Waals surface area contributed by atoms with Crippen molar-refractivity contribution >= 4 is 12.1 Å². The minimum Gasteiger partial charge on any atom is -0.460 e. The van der Waals surface area contributed by atoms with Crippen LogP contribution < -0.4 is 0 Å². The first-order valence-corrected chi connectivity index (χ1v) is 7.92. The van der Waals surface area contributed by atoms with Crippen molar-refractivity contribution in [3.05, 3.63) is 0 Å². The van der Waals surface area contributed by atoms with Crippen LogP contribution in [0.1, 0.15) is 38.5 Å². The number of unbranched alkanes of at least 4 members (excludes halogenated alkanes) is 3. The van der Waals surface area contributed by atoms with Gasteiger partial charge in [-0.3, -0.25) is 4.79 Å². The highest BCUT2D eigenvalue weighted by Gasteiger charge is 2.24. The van der Waals surface area contributed by atoms with Crippen LogP contribution in [0.15, 0.2) is 0 Å². The normalized spacial score (nSPS) is 24.2. The highest BCUT2D eigenvalue weighted by Crippen LogP contribution is 2.14. The molecule has 0 amide bonds. The molecule has 7 nitrogen and oxygen atoms in total. The molecule has 2 atom stereocenters. The summed E-state index contributed by atoms with van der Waals surface area (Å²) in [4.78, 5) is 21.6. The zero-order valence-corrected chi connectivity index (χ0v) is 12.8. The Labute approximate surface area is 130 Å². The van der Waals surface area contributed by atoms with Crippen molar-refractivity contribution in [3.8, 4) is 0 Å². The summed E-state index contributed by atoms with van der Waals surface area (Å²) >= 11 is 0. The van der Waals surface area contributed by atoms with Gasteiger partial charge in [0.1, 0.15) is 12.7 Å². The highest BCUT2D eigenvalue weighted by atomic mass is 16.8. The Morgan fingerprint density at radius 2 is 1.59 bits per heavy atom. The van der Waals surface area contributed by atoms with Gasteiger partial charge < -0.3 is 23.7 Å². The third-order valence-corrected chi connectivity index (χ3v) is 3.55. The second-order valence-corrected chi connectivity index (χ2v) is 5.52. The summed E-state index contributed by atoms with van der Waals surface area (Å²) < 4.78 is 25.5. The van der Waals surface area contributed by atoms with Crippen LogP contribution in [0.25, 0.3) is 0 Å². The molecule has 2 rings (SSSR count). The minimum absolute atomic E-state index is 0.0467. The largest absolute Gasteiger partial charge is 0.508 e. The lowest BCUT2D eigenvalue weighted by molar-refractivity contribution is -0.143. The van der Waals surface area contributed by atoms with Crippen molar-refractivity contribution in [1.82, 2.24) is 0 Å². The van der Waals surface area contributed by atoms with Gasteiger partial charge in [0.25, 0.3) is 0 Å². The van der Waals surface area contributed by atoms with E-state index in [1.807, 2.05) is 0 Å². The van der Waals surface area contributed by atoms with Crippen molar-refractivity contribution in [2.24, 2.45) is 0 Å². The molecule has 2 unspecified atom stereocenters. The Hall–Kier alpha value is -1.34. The Morgan fingerprint density at radius 1 is 0.909 bits per heavy atom. The molecule has 0 radical (unpaired) electrons. The zero-order valence-electron chi connectivity index (χ0n) is 12.8. The number of hydrogen-bond acceptors (Lipinski definition) is 7. The Bertz CT molecular complexity index is 324. The second-order valence-electron chi connectivity index (χ2n) is 5.52. The minimum atomic E-state index is -0.610. The molecule has 2 saturated heterocycles. The van der Waals surface area contributed by atoms with E-state index in [4.69, 9.17) is 18.9 Å². The van der Waals surface area contributed by atoms with E-state index in [-0.39, 0.29) is 24.8 Å². The maximum atomic E-state index is 10.9. The molecule has 0 aromatic carbocycles. The van der Waals surface area contributed by atoms with E-state index in [1.165, 1.54) is 0 Å². The van der Waals surface area contributed by atoms with Gasteiger partial charge in [-0.25, -0.2) is 4.79 Å². The van der Waals surface area contributed by atoms with Crippen LogP contribution in [-0.4, -0.2) is 57.4 Å². The average molecular weight is 316 g/mol. The van der Waals surface area contributed by atoms with Gasteiger partial charge in [-0.15, -0.1) is 0 Å². The summed E-state index contributed by atoms with van der Waals surface area (Å²) in [5, 5.41) is 0. The summed E-state index contributed by atoms with van der Waals surface area (Å²) in [5.74, 6) is -0.118. The van der Waals surface area contributed by atoms with Gasteiger partial charge in [-0.1, -0.05) is 12.8 Å². The molecule has 2 aliphatic heterocycles. The fourth-order valence-corrected chi connectivity index (χ4v) is 2.34. The molecule has 0 N–H and O–H groups in total. The molecule has 126 valence electrons. The number of cyclic esters (lactones) is 3. The first-order chi connectivity index (χ1) is 10.7. The van der Waals surface area contributed by atoms with Gasteiger partial charge in [-0.2, -0.15) is 0 Å². The Morgan fingerprint density at radius 3 is 2.14 bits per heavy atom. The van der Waals surface area contributed by atoms with Crippen molar-refractivity contribution in [2.75, 3.05) is 33.0 Å². The van der Waals surface area contributed by atoms with Gasteiger partial charge in [0, 0.05) is 19.6 Å². The van der Waals surface area contributed by atoms with E-state index in [2.05, 4.69) is 4.74 Å². The van der Waals surface area contributed by atoms with E-state index in [1.54, 1.807) is 0 Å². The number of hydrogen-bond donors (Lipinski definition) is 0. The molecule has 0 bridgehead atoms. The SMILES string of the molecule is O=C1CCC(COCCCCCCOCC2COC(=O)O2)O1. The van der Waals surface area contributed by atoms with Crippen LogP contribution in [0.5, 0.6) is 0 Å². The standard InChI is InChI=1S/C15H24O7/c16-14-6-5-12(21-14)9-18-7-3-1-2-4-8-19-10-13-11-20-15(17)22-13/h12-13H,1-11H2. The van der Waals surface area contributed by atoms with Crippen molar-refractivity contribution in [3.63, 3.8) is 0 Å². The van der Waals surface area contributed by atoms with Gasteiger partial charge in [0.15, 0.2) is 6.10 Å². The van der Waals surface area contributed by atoms with Gasteiger partial charge in [0.05, 0.1) is 13.2 Å². The molecule has 22 heavy (non-hydrogen) atoms. The van der Waals surface area contributed by atoms with Crippen LogP contribution in [0.4, 0.5) is 4.79 Å². The second kappa shape index (κ2) is 9.63. The van der Waals surface area contributed by atoms with Crippen LogP contribution in [0.2, 0.25) is 0 Å². The molecule has 0 spiro atoms. The lowest BCUT2D eigenvalue weighted by atomic mass is 10.2. The van der Waals surface area contributed by atoms with Crippen LogP contribution in [0.3, 0.4) is 0 Å². The number of carbonyl (C=O) groups excluding carboxylic acids is 2. The Balaban J connectivity index is 1.30. The van der Waals surface area contributed by atoms with Crippen molar-refractivity contribution in [2.45, 2.75) is 50.7 Å². The number of esters is 1. The zero-order chi connectivity index (χ0) is 15.6. The van der Waals surface area contributed by atoms with Crippen LogP contribution >= 0.6 is 0 Å². The summed E-state index contributed by atoms with van der Waals surface area (Å²) in [6.45, 7) is 2.55. The molecule has 2 fully saturated rings. The van der Waals surface area contributed by atoms with E-state index >= 15 is 0 Å².